The average molecular weight is 320 g/mol. The predicted molar refractivity (Wildman–Crippen MR) is 80.5 cm³/mol. The van der Waals surface area contributed by atoms with Crippen molar-refractivity contribution >= 4 is 29.1 Å². The van der Waals surface area contributed by atoms with E-state index in [0.29, 0.717) is 22.2 Å². The Bertz CT molecular complexity index is 477. The fourth-order valence-electron chi connectivity index (χ4n) is 1.36. The van der Waals surface area contributed by atoms with Crippen molar-refractivity contribution in [1.82, 2.24) is 5.32 Å². The number of benzene rings is 1. The maximum absolute atomic E-state index is 11.9. The van der Waals surface area contributed by atoms with E-state index in [1.807, 2.05) is 6.92 Å². The first kappa shape index (κ1) is 17.1. The van der Waals surface area contributed by atoms with Crippen molar-refractivity contribution in [3.63, 3.8) is 0 Å². The molecule has 0 saturated heterocycles. The number of amides is 1. The third kappa shape index (κ3) is 5.19. The van der Waals surface area contributed by atoms with Crippen molar-refractivity contribution < 1.29 is 14.6 Å². The number of hydrogen-bond acceptors (Lipinski definition) is 3. The maximum Gasteiger partial charge on any atom is 0.260 e. The summed E-state index contributed by atoms with van der Waals surface area (Å²) in [5.41, 5.74) is -0.923. The zero-order valence-electron chi connectivity index (χ0n) is 11.7. The van der Waals surface area contributed by atoms with Gasteiger partial charge in [-0.1, -0.05) is 30.1 Å². The van der Waals surface area contributed by atoms with E-state index < -0.39 is 11.7 Å². The van der Waals surface area contributed by atoms with E-state index in [4.69, 9.17) is 27.9 Å². The summed E-state index contributed by atoms with van der Waals surface area (Å²) in [6.45, 7) is 5.29. The van der Waals surface area contributed by atoms with Crippen molar-refractivity contribution in [2.24, 2.45) is 0 Å². The van der Waals surface area contributed by atoms with Crippen LogP contribution in [0.25, 0.3) is 0 Å². The summed E-state index contributed by atoms with van der Waals surface area (Å²) in [7, 11) is 0. The van der Waals surface area contributed by atoms with E-state index in [0.717, 1.165) is 0 Å². The summed E-state index contributed by atoms with van der Waals surface area (Å²) in [6.07, 6.45) is -0.174. The van der Waals surface area contributed by atoms with Gasteiger partial charge in [0.05, 0.1) is 10.6 Å². The molecule has 0 bridgehead atoms. The van der Waals surface area contributed by atoms with Gasteiger partial charge in [-0.15, -0.1) is 0 Å². The number of halogens is 2. The van der Waals surface area contributed by atoms with Gasteiger partial charge in [0, 0.05) is 11.6 Å². The van der Waals surface area contributed by atoms with Gasteiger partial charge in [-0.3, -0.25) is 4.79 Å². The lowest BCUT2D eigenvalue weighted by atomic mass is 10.0. The van der Waals surface area contributed by atoms with Crippen LogP contribution in [0.1, 0.15) is 27.2 Å². The maximum atomic E-state index is 11.9. The van der Waals surface area contributed by atoms with E-state index >= 15 is 0 Å². The van der Waals surface area contributed by atoms with Crippen LogP contribution in [0.4, 0.5) is 0 Å². The molecule has 1 aromatic rings. The Balaban J connectivity index is 2.57. The van der Waals surface area contributed by atoms with Crippen molar-refractivity contribution in [2.75, 3.05) is 6.54 Å². The molecular weight excluding hydrogens is 301 g/mol. The third-order valence-corrected chi connectivity index (χ3v) is 3.50. The standard InChI is InChI=1S/C14H19Cl2NO3/c1-4-14(3,19)8-17-13(18)9(2)20-12-6-5-10(15)7-11(12)16/h5-7,9,19H,4,8H2,1-3H3,(H,17,18). The van der Waals surface area contributed by atoms with Crippen LogP contribution in [-0.4, -0.2) is 29.3 Å². The molecule has 20 heavy (non-hydrogen) atoms. The third-order valence-electron chi connectivity index (χ3n) is 2.97. The topological polar surface area (TPSA) is 58.6 Å². The minimum absolute atomic E-state index is 0.171. The minimum atomic E-state index is -0.923. The van der Waals surface area contributed by atoms with Crippen LogP contribution >= 0.6 is 23.2 Å². The number of carbonyl (C=O) groups excluding carboxylic acids is 1. The summed E-state index contributed by atoms with van der Waals surface area (Å²) in [5, 5.41) is 13.3. The highest BCUT2D eigenvalue weighted by atomic mass is 35.5. The molecule has 0 spiro atoms. The molecule has 0 heterocycles. The van der Waals surface area contributed by atoms with Crippen LogP contribution in [0.2, 0.25) is 10.0 Å². The second-order valence-electron chi connectivity index (χ2n) is 4.90. The lowest BCUT2D eigenvalue weighted by Crippen LogP contribution is -2.44. The molecule has 112 valence electrons. The van der Waals surface area contributed by atoms with Crippen LogP contribution in [0.3, 0.4) is 0 Å². The van der Waals surface area contributed by atoms with Gasteiger partial charge in [-0.05, 0) is 38.5 Å². The van der Waals surface area contributed by atoms with E-state index in [-0.39, 0.29) is 12.5 Å². The van der Waals surface area contributed by atoms with E-state index in [1.165, 1.54) is 0 Å². The summed E-state index contributed by atoms with van der Waals surface area (Å²) in [4.78, 5) is 11.9. The molecule has 1 aromatic carbocycles. The fourth-order valence-corrected chi connectivity index (χ4v) is 1.81. The number of ether oxygens (including phenoxy) is 1. The molecule has 6 heteroatoms. The Morgan fingerprint density at radius 2 is 2.15 bits per heavy atom. The highest BCUT2D eigenvalue weighted by Gasteiger charge is 2.22. The first-order valence-corrected chi connectivity index (χ1v) is 7.12. The molecular formula is C14H19Cl2NO3. The number of nitrogens with one attached hydrogen (secondary N) is 1. The SMILES string of the molecule is CCC(C)(O)CNC(=O)C(C)Oc1ccc(Cl)cc1Cl. The first-order chi connectivity index (χ1) is 9.25. The predicted octanol–water partition coefficient (Wildman–Crippen LogP) is 3.04. The Labute approximate surface area is 129 Å². The van der Waals surface area contributed by atoms with Gasteiger partial charge in [-0.25, -0.2) is 0 Å². The molecule has 0 saturated carbocycles. The van der Waals surface area contributed by atoms with Crippen LogP contribution < -0.4 is 10.1 Å². The molecule has 2 N–H and O–H groups in total. The summed E-state index contributed by atoms with van der Waals surface area (Å²) < 4.78 is 5.48. The molecule has 0 aliphatic rings. The minimum Gasteiger partial charge on any atom is -0.479 e. The molecule has 0 aromatic heterocycles. The summed E-state index contributed by atoms with van der Waals surface area (Å²) >= 11 is 11.8. The van der Waals surface area contributed by atoms with Gasteiger partial charge in [-0.2, -0.15) is 0 Å². The highest BCUT2D eigenvalue weighted by Crippen LogP contribution is 2.28. The zero-order chi connectivity index (χ0) is 15.3. The zero-order valence-corrected chi connectivity index (χ0v) is 13.3. The van der Waals surface area contributed by atoms with Crippen molar-refractivity contribution in [2.45, 2.75) is 38.9 Å². The molecule has 0 aliphatic carbocycles. The van der Waals surface area contributed by atoms with Crippen molar-refractivity contribution in [3.05, 3.63) is 28.2 Å². The van der Waals surface area contributed by atoms with E-state index in [1.54, 1.807) is 32.0 Å². The second kappa shape index (κ2) is 7.16. The van der Waals surface area contributed by atoms with Gasteiger partial charge < -0.3 is 15.2 Å². The first-order valence-electron chi connectivity index (χ1n) is 6.37. The smallest absolute Gasteiger partial charge is 0.260 e. The molecule has 0 fully saturated rings. The van der Waals surface area contributed by atoms with E-state index in [9.17, 15) is 9.90 Å². The highest BCUT2D eigenvalue weighted by molar-refractivity contribution is 6.35. The quantitative estimate of drug-likeness (QED) is 0.847. The molecule has 4 nitrogen and oxygen atoms in total. The summed E-state index contributed by atoms with van der Waals surface area (Å²) in [5.74, 6) is 0.0747. The lowest BCUT2D eigenvalue weighted by molar-refractivity contribution is -0.128. The molecule has 2 atom stereocenters. The van der Waals surface area contributed by atoms with Gasteiger partial charge in [0.25, 0.3) is 5.91 Å². The number of carbonyl (C=O) groups is 1. The van der Waals surface area contributed by atoms with Gasteiger partial charge >= 0.3 is 0 Å². The Kier molecular flexibility index (Phi) is 6.11. The Morgan fingerprint density at radius 1 is 1.50 bits per heavy atom. The normalized spacial score (nSPS) is 15.3. The molecule has 1 amide bonds. The van der Waals surface area contributed by atoms with Crippen molar-refractivity contribution in [1.29, 1.82) is 0 Å². The average Bonchev–Trinajstić information content (AvgIpc) is 2.39. The van der Waals surface area contributed by atoms with Crippen LogP contribution in [0, 0.1) is 0 Å². The van der Waals surface area contributed by atoms with Gasteiger partial charge in [0.1, 0.15) is 5.75 Å². The monoisotopic (exact) mass is 319 g/mol. The van der Waals surface area contributed by atoms with Crippen LogP contribution in [0.15, 0.2) is 18.2 Å². The number of rotatable bonds is 6. The van der Waals surface area contributed by atoms with E-state index in [2.05, 4.69) is 5.32 Å². The van der Waals surface area contributed by atoms with Crippen LogP contribution in [-0.2, 0) is 4.79 Å². The van der Waals surface area contributed by atoms with Gasteiger partial charge in [0.15, 0.2) is 6.10 Å². The van der Waals surface area contributed by atoms with Crippen LogP contribution in [0.5, 0.6) is 5.75 Å². The fraction of sp³-hybridized carbons (Fsp3) is 0.500. The molecule has 1 rings (SSSR count). The van der Waals surface area contributed by atoms with Gasteiger partial charge in [0.2, 0.25) is 0 Å². The largest absolute Gasteiger partial charge is 0.479 e. The molecule has 0 radical (unpaired) electrons. The molecule has 0 aliphatic heterocycles. The molecule has 2 unspecified atom stereocenters. The Hall–Kier alpha value is -0.970. The lowest BCUT2D eigenvalue weighted by Gasteiger charge is -2.23. The Morgan fingerprint density at radius 3 is 2.70 bits per heavy atom. The number of aliphatic hydroxyl groups is 1. The second-order valence-corrected chi connectivity index (χ2v) is 5.75. The summed E-state index contributed by atoms with van der Waals surface area (Å²) in [6, 6.07) is 4.79. The number of hydrogen-bond donors (Lipinski definition) is 2. The van der Waals surface area contributed by atoms with Crippen molar-refractivity contribution in [3.8, 4) is 5.75 Å².